The molecule has 0 atom stereocenters. The van der Waals surface area contributed by atoms with Gasteiger partial charge in [-0.3, -0.25) is 9.59 Å². The number of rotatable bonds is 6. The number of benzene rings is 3. The molecule has 2 amide bonds. The van der Waals surface area contributed by atoms with E-state index in [0.29, 0.717) is 22.7 Å². The molecule has 0 fully saturated rings. The third-order valence-corrected chi connectivity index (χ3v) is 4.97. The van der Waals surface area contributed by atoms with Crippen LogP contribution in [0.3, 0.4) is 0 Å². The maximum absolute atomic E-state index is 12.7. The monoisotopic (exact) mass is 459 g/mol. The molecule has 0 aliphatic carbocycles. The van der Waals surface area contributed by atoms with E-state index in [-0.39, 0.29) is 11.3 Å². The maximum atomic E-state index is 12.7. The Labute approximate surface area is 197 Å². The first-order valence-electron chi connectivity index (χ1n) is 10.5. The minimum Gasteiger partial charge on any atom is -0.496 e. The number of methoxy groups -OCH3 is 1. The second-order valence-electron chi connectivity index (χ2n) is 7.50. The van der Waals surface area contributed by atoms with Crippen LogP contribution in [0.15, 0.2) is 71.8 Å². The first-order chi connectivity index (χ1) is 16.3. The number of nitrogens with one attached hydrogen (secondary N) is 2. The fourth-order valence-corrected chi connectivity index (χ4v) is 3.20. The third-order valence-electron chi connectivity index (χ3n) is 4.97. The lowest BCUT2D eigenvalue weighted by molar-refractivity contribution is -0.136. The fourth-order valence-electron chi connectivity index (χ4n) is 3.20. The molecular weight excluding hydrogens is 434 g/mol. The van der Waals surface area contributed by atoms with Gasteiger partial charge in [-0.25, -0.2) is 10.2 Å². The lowest BCUT2D eigenvalue weighted by Crippen LogP contribution is -2.33. The fraction of sp³-hybridized carbons (Fsp3) is 0.154. The van der Waals surface area contributed by atoms with Gasteiger partial charge in [-0.1, -0.05) is 42.0 Å². The van der Waals surface area contributed by atoms with E-state index < -0.39 is 17.8 Å². The summed E-state index contributed by atoms with van der Waals surface area (Å²) in [5, 5.41) is 6.57. The Kier molecular flexibility index (Phi) is 7.76. The molecule has 0 heterocycles. The largest absolute Gasteiger partial charge is 0.496 e. The summed E-state index contributed by atoms with van der Waals surface area (Å²) in [6.45, 7) is 5.40. The van der Waals surface area contributed by atoms with Crippen LogP contribution in [0.1, 0.15) is 34.0 Å². The van der Waals surface area contributed by atoms with Gasteiger partial charge in [-0.05, 0) is 56.7 Å². The van der Waals surface area contributed by atoms with E-state index in [2.05, 4.69) is 15.8 Å². The van der Waals surface area contributed by atoms with Crippen molar-refractivity contribution in [2.45, 2.75) is 20.8 Å². The van der Waals surface area contributed by atoms with Gasteiger partial charge in [0.2, 0.25) is 0 Å². The van der Waals surface area contributed by atoms with E-state index in [0.717, 1.165) is 11.1 Å². The van der Waals surface area contributed by atoms with Crippen LogP contribution in [0.4, 0.5) is 5.69 Å². The van der Waals surface area contributed by atoms with Crippen LogP contribution in [-0.4, -0.2) is 30.6 Å². The lowest BCUT2D eigenvalue weighted by Gasteiger charge is -2.12. The zero-order valence-electron chi connectivity index (χ0n) is 19.3. The SMILES string of the molecule is COc1ccccc1C(=O)Oc1ccccc1/C(C)=N/NC(=O)C(=O)Nc1ccc(C)cc1C. The van der Waals surface area contributed by atoms with E-state index in [1.54, 1.807) is 61.5 Å². The summed E-state index contributed by atoms with van der Waals surface area (Å²) in [5.74, 6) is -1.75. The van der Waals surface area contributed by atoms with E-state index in [1.807, 2.05) is 26.0 Å². The van der Waals surface area contributed by atoms with Gasteiger partial charge in [0.1, 0.15) is 17.1 Å². The summed E-state index contributed by atoms with van der Waals surface area (Å²) in [5.41, 5.74) is 5.75. The Morgan fingerprint density at radius 2 is 1.47 bits per heavy atom. The van der Waals surface area contributed by atoms with E-state index in [1.165, 1.54) is 7.11 Å². The highest BCUT2D eigenvalue weighted by Crippen LogP contribution is 2.23. The highest BCUT2D eigenvalue weighted by molar-refractivity contribution is 6.39. The zero-order valence-corrected chi connectivity index (χ0v) is 19.3. The molecule has 2 N–H and O–H groups in total. The van der Waals surface area contributed by atoms with E-state index >= 15 is 0 Å². The van der Waals surface area contributed by atoms with Gasteiger partial charge in [0.15, 0.2) is 0 Å². The molecular formula is C26H25N3O5. The van der Waals surface area contributed by atoms with Crippen LogP contribution >= 0.6 is 0 Å². The van der Waals surface area contributed by atoms with Crippen LogP contribution in [0.25, 0.3) is 0 Å². The van der Waals surface area contributed by atoms with Gasteiger partial charge in [-0.15, -0.1) is 0 Å². The number of ether oxygens (including phenoxy) is 2. The van der Waals surface area contributed by atoms with Crippen molar-refractivity contribution in [2.24, 2.45) is 5.10 Å². The van der Waals surface area contributed by atoms with Gasteiger partial charge >= 0.3 is 17.8 Å². The van der Waals surface area contributed by atoms with Crippen molar-refractivity contribution in [3.63, 3.8) is 0 Å². The standard InChI is InChI=1S/C26H25N3O5/c1-16-13-14-21(17(2)15-16)27-24(30)25(31)29-28-18(3)19-9-5-8-12-23(19)34-26(32)20-10-6-7-11-22(20)33-4/h5-15H,1-4H3,(H,27,30)(H,29,31)/b28-18+. The number of para-hydroxylation sites is 2. The lowest BCUT2D eigenvalue weighted by atomic mass is 10.1. The molecule has 0 aliphatic heterocycles. The Bertz CT molecular complexity index is 1270. The van der Waals surface area contributed by atoms with Gasteiger partial charge in [0, 0.05) is 11.3 Å². The average Bonchev–Trinajstić information content (AvgIpc) is 2.84. The zero-order chi connectivity index (χ0) is 24.7. The summed E-state index contributed by atoms with van der Waals surface area (Å²) in [4.78, 5) is 37.2. The van der Waals surface area contributed by atoms with Crippen LogP contribution in [0, 0.1) is 13.8 Å². The van der Waals surface area contributed by atoms with Crippen molar-refractivity contribution < 1.29 is 23.9 Å². The normalized spacial score (nSPS) is 10.9. The maximum Gasteiger partial charge on any atom is 0.347 e. The molecule has 34 heavy (non-hydrogen) atoms. The predicted octanol–water partition coefficient (Wildman–Crippen LogP) is 4.01. The number of hydrazone groups is 1. The Hall–Kier alpha value is -4.46. The van der Waals surface area contributed by atoms with Crippen molar-refractivity contribution in [3.8, 4) is 11.5 Å². The number of carbonyl (C=O) groups excluding carboxylic acids is 3. The Balaban J connectivity index is 1.71. The van der Waals surface area contributed by atoms with E-state index in [4.69, 9.17) is 9.47 Å². The van der Waals surface area contributed by atoms with Crippen LogP contribution < -0.4 is 20.2 Å². The molecule has 3 aromatic carbocycles. The van der Waals surface area contributed by atoms with Gasteiger partial charge in [-0.2, -0.15) is 5.10 Å². The summed E-state index contributed by atoms with van der Waals surface area (Å²) in [6.07, 6.45) is 0. The molecule has 0 aliphatic rings. The molecule has 0 saturated carbocycles. The van der Waals surface area contributed by atoms with Crippen molar-refractivity contribution >= 4 is 29.2 Å². The summed E-state index contributed by atoms with van der Waals surface area (Å²) in [7, 11) is 1.47. The number of hydrogen-bond donors (Lipinski definition) is 2. The Morgan fingerprint density at radius 1 is 0.824 bits per heavy atom. The van der Waals surface area contributed by atoms with Gasteiger partial charge in [0.05, 0.1) is 12.8 Å². The quantitative estimate of drug-likeness (QED) is 0.190. The number of amides is 2. The number of hydrogen-bond acceptors (Lipinski definition) is 6. The van der Waals surface area contributed by atoms with Gasteiger partial charge < -0.3 is 14.8 Å². The number of esters is 1. The number of nitrogens with zero attached hydrogens (tertiary/aromatic N) is 1. The van der Waals surface area contributed by atoms with Crippen LogP contribution in [0.2, 0.25) is 0 Å². The van der Waals surface area contributed by atoms with Crippen LogP contribution in [-0.2, 0) is 9.59 Å². The van der Waals surface area contributed by atoms with Crippen molar-refractivity contribution in [2.75, 3.05) is 12.4 Å². The first kappa shape index (κ1) is 24.2. The summed E-state index contributed by atoms with van der Waals surface area (Å²) in [6, 6.07) is 18.9. The number of aryl methyl sites for hydroxylation is 2. The highest BCUT2D eigenvalue weighted by atomic mass is 16.5. The Morgan fingerprint density at radius 3 is 2.15 bits per heavy atom. The van der Waals surface area contributed by atoms with Crippen molar-refractivity contribution in [1.82, 2.24) is 5.43 Å². The average molecular weight is 460 g/mol. The first-order valence-corrected chi connectivity index (χ1v) is 10.5. The minimum absolute atomic E-state index is 0.244. The second-order valence-corrected chi connectivity index (χ2v) is 7.50. The topological polar surface area (TPSA) is 106 Å². The molecule has 174 valence electrons. The molecule has 3 aromatic rings. The van der Waals surface area contributed by atoms with Crippen molar-refractivity contribution in [1.29, 1.82) is 0 Å². The molecule has 0 unspecified atom stereocenters. The molecule has 0 spiro atoms. The molecule has 0 radical (unpaired) electrons. The molecule has 8 heteroatoms. The van der Waals surface area contributed by atoms with Crippen LogP contribution in [0.5, 0.6) is 11.5 Å². The molecule has 8 nitrogen and oxygen atoms in total. The molecule has 0 saturated heterocycles. The molecule has 0 aromatic heterocycles. The van der Waals surface area contributed by atoms with E-state index in [9.17, 15) is 14.4 Å². The summed E-state index contributed by atoms with van der Waals surface area (Å²) < 4.78 is 10.8. The molecule has 3 rings (SSSR count). The minimum atomic E-state index is -0.928. The number of carbonyl (C=O) groups is 3. The smallest absolute Gasteiger partial charge is 0.347 e. The summed E-state index contributed by atoms with van der Waals surface area (Å²) >= 11 is 0. The predicted molar refractivity (Wildman–Crippen MR) is 129 cm³/mol. The number of anilines is 1. The van der Waals surface area contributed by atoms with Crippen molar-refractivity contribution in [3.05, 3.63) is 89.0 Å². The highest BCUT2D eigenvalue weighted by Gasteiger charge is 2.18. The third kappa shape index (κ3) is 5.86. The molecule has 0 bridgehead atoms. The van der Waals surface area contributed by atoms with Gasteiger partial charge in [0.25, 0.3) is 0 Å². The second kappa shape index (κ2) is 10.9.